The molecule has 0 atom stereocenters. The Morgan fingerprint density at radius 2 is 1.78 bits per heavy atom. The van der Waals surface area contributed by atoms with Gasteiger partial charge >= 0.3 is 6.03 Å². The second kappa shape index (κ2) is 6.27. The van der Waals surface area contributed by atoms with Crippen molar-refractivity contribution in [2.24, 2.45) is 0 Å². The van der Waals surface area contributed by atoms with E-state index in [1.165, 1.54) is 0 Å². The highest BCUT2D eigenvalue weighted by atomic mass is 16.2. The van der Waals surface area contributed by atoms with Gasteiger partial charge in [-0.1, -0.05) is 12.1 Å². The Morgan fingerprint density at radius 1 is 1.04 bits per heavy atom. The van der Waals surface area contributed by atoms with E-state index in [0.717, 1.165) is 17.1 Å². The molecule has 0 spiro atoms. The molecular formula is C16H16N6O. The van der Waals surface area contributed by atoms with Crippen LogP contribution in [0.2, 0.25) is 0 Å². The fourth-order valence-corrected chi connectivity index (χ4v) is 2.12. The molecule has 0 bridgehead atoms. The zero-order valence-electron chi connectivity index (χ0n) is 12.8. The molecule has 2 aromatic heterocycles. The van der Waals surface area contributed by atoms with E-state index in [1.54, 1.807) is 29.4 Å². The summed E-state index contributed by atoms with van der Waals surface area (Å²) in [5.74, 6) is 1.30. The predicted octanol–water partition coefficient (Wildman–Crippen LogP) is 2.92. The molecule has 7 nitrogen and oxygen atoms in total. The number of nitrogens with one attached hydrogen (secondary N) is 2. The molecule has 23 heavy (non-hydrogen) atoms. The number of benzene rings is 1. The average molecular weight is 308 g/mol. The Balaban J connectivity index is 1.66. The topological polar surface area (TPSA) is 84.7 Å². The third-order valence-corrected chi connectivity index (χ3v) is 3.21. The molecule has 2 N–H and O–H groups in total. The summed E-state index contributed by atoms with van der Waals surface area (Å²) in [6.07, 6.45) is 6.57. The van der Waals surface area contributed by atoms with E-state index >= 15 is 0 Å². The fourth-order valence-electron chi connectivity index (χ4n) is 2.12. The molecule has 7 heteroatoms. The number of hydrogen-bond donors (Lipinski definition) is 2. The second-order valence-corrected chi connectivity index (χ2v) is 5.06. The number of urea groups is 1. The Labute approximate surface area is 133 Å². The summed E-state index contributed by atoms with van der Waals surface area (Å²) in [5.41, 5.74) is 2.32. The van der Waals surface area contributed by atoms with E-state index in [9.17, 15) is 4.79 Å². The Morgan fingerprint density at radius 3 is 2.43 bits per heavy atom. The van der Waals surface area contributed by atoms with Crippen LogP contribution in [0.25, 0.3) is 5.95 Å². The minimum Gasteiger partial charge on any atom is -0.308 e. The van der Waals surface area contributed by atoms with Crippen molar-refractivity contribution in [2.75, 3.05) is 10.6 Å². The van der Waals surface area contributed by atoms with Crippen LogP contribution in [-0.2, 0) is 0 Å². The van der Waals surface area contributed by atoms with Crippen LogP contribution in [0.15, 0.2) is 49.1 Å². The van der Waals surface area contributed by atoms with Gasteiger partial charge in [-0.3, -0.25) is 4.57 Å². The molecule has 0 aliphatic rings. The summed E-state index contributed by atoms with van der Waals surface area (Å²) >= 11 is 0. The van der Waals surface area contributed by atoms with Crippen molar-refractivity contribution >= 4 is 17.4 Å². The number of amides is 2. The van der Waals surface area contributed by atoms with Gasteiger partial charge < -0.3 is 10.6 Å². The van der Waals surface area contributed by atoms with E-state index in [0.29, 0.717) is 11.6 Å². The molecule has 1 aromatic carbocycles. The highest BCUT2D eigenvalue weighted by Crippen LogP contribution is 2.11. The van der Waals surface area contributed by atoms with Crippen LogP contribution in [-0.4, -0.2) is 25.6 Å². The number of carbonyl (C=O) groups excluding carboxylic acids is 1. The maximum Gasteiger partial charge on any atom is 0.323 e. The maximum absolute atomic E-state index is 12.0. The number of rotatable bonds is 3. The Bertz CT molecular complexity index is 825. The van der Waals surface area contributed by atoms with Crippen molar-refractivity contribution in [1.29, 1.82) is 0 Å². The highest BCUT2D eigenvalue weighted by molar-refractivity contribution is 5.99. The van der Waals surface area contributed by atoms with Crippen LogP contribution < -0.4 is 10.6 Å². The molecule has 0 radical (unpaired) electrons. The van der Waals surface area contributed by atoms with Gasteiger partial charge in [0.25, 0.3) is 0 Å². The number of nitrogens with zero attached hydrogens (tertiary/aromatic N) is 4. The molecule has 0 fully saturated rings. The van der Waals surface area contributed by atoms with Crippen molar-refractivity contribution in [1.82, 2.24) is 19.5 Å². The van der Waals surface area contributed by atoms with E-state index in [-0.39, 0.29) is 6.03 Å². The van der Waals surface area contributed by atoms with Gasteiger partial charge in [-0.05, 0) is 31.5 Å². The first-order chi connectivity index (χ1) is 11.1. The minimum atomic E-state index is -0.342. The number of aryl methyl sites for hydroxylation is 2. The molecule has 0 saturated carbocycles. The summed E-state index contributed by atoms with van der Waals surface area (Å²) in [4.78, 5) is 24.5. The summed E-state index contributed by atoms with van der Waals surface area (Å²) in [7, 11) is 0. The van der Waals surface area contributed by atoms with Gasteiger partial charge in [0.2, 0.25) is 5.95 Å². The van der Waals surface area contributed by atoms with Crippen LogP contribution in [0, 0.1) is 13.8 Å². The zero-order chi connectivity index (χ0) is 16.2. The van der Waals surface area contributed by atoms with Crippen molar-refractivity contribution in [3.63, 3.8) is 0 Å². The average Bonchev–Trinajstić information content (AvgIpc) is 2.94. The normalized spacial score (nSPS) is 10.3. The van der Waals surface area contributed by atoms with Gasteiger partial charge in [0.1, 0.15) is 5.82 Å². The number of hydrogen-bond acceptors (Lipinski definition) is 4. The molecule has 2 amide bonds. The molecule has 3 aromatic rings. The number of anilines is 2. The smallest absolute Gasteiger partial charge is 0.308 e. The first-order valence-corrected chi connectivity index (χ1v) is 7.09. The molecule has 2 heterocycles. The standard InChI is InChI=1S/C16H16N6O/c1-11-4-3-5-13(8-11)20-16(23)21-14-9-18-15(19-10-14)22-7-6-17-12(22)2/h3-10H,1-2H3,(H2,20,21,23). The second-order valence-electron chi connectivity index (χ2n) is 5.06. The monoisotopic (exact) mass is 308 g/mol. The molecule has 0 unspecified atom stereocenters. The molecular weight excluding hydrogens is 292 g/mol. The SMILES string of the molecule is Cc1cccc(NC(=O)Nc2cnc(-n3ccnc3C)nc2)c1. The maximum atomic E-state index is 12.0. The van der Waals surface area contributed by atoms with E-state index in [2.05, 4.69) is 25.6 Å². The summed E-state index contributed by atoms with van der Waals surface area (Å²) in [6.45, 7) is 3.83. The first-order valence-electron chi connectivity index (χ1n) is 7.09. The van der Waals surface area contributed by atoms with E-state index in [4.69, 9.17) is 0 Å². The highest BCUT2D eigenvalue weighted by Gasteiger charge is 2.06. The van der Waals surface area contributed by atoms with E-state index < -0.39 is 0 Å². The Kier molecular flexibility index (Phi) is 4.01. The minimum absolute atomic E-state index is 0.342. The summed E-state index contributed by atoms with van der Waals surface area (Å²) in [6, 6.07) is 7.23. The lowest BCUT2D eigenvalue weighted by Gasteiger charge is -2.08. The van der Waals surface area contributed by atoms with Crippen LogP contribution >= 0.6 is 0 Å². The van der Waals surface area contributed by atoms with Gasteiger partial charge in [0.15, 0.2) is 0 Å². The number of aromatic nitrogens is 4. The van der Waals surface area contributed by atoms with Gasteiger partial charge in [-0.25, -0.2) is 19.7 Å². The lowest BCUT2D eigenvalue weighted by molar-refractivity contribution is 0.262. The van der Waals surface area contributed by atoms with Crippen LogP contribution in [0.5, 0.6) is 0 Å². The van der Waals surface area contributed by atoms with Gasteiger partial charge in [0.05, 0.1) is 18.1 Å². The van der Waals surface area contributed by atoms with E-state index in [1.807, 2.05) is 38.1 Å². The van der Waals surface area contributed by atoms with Gasteiger partial charge in [-0.15, -0.1) is 0 Å². The Hall–Kier alpha value is -3.22. The third-order valence-electron chi connectivity index (χ3n) is 3.21. The van der Waals surface area contributed by atoms with Crippen molar-refractivity contribution in [2.45, 2.75) is 13.8 Å². The first kappa shape index (κ1) is 14.7. The molecule has 116 valence electrons. The lowest BCUT2D eigenvalue weighted by atomic mass is 10.2. The predicted molar refractivity (Wildman–Crippen MR) is 87.7 cm³/mol. The summed E-state index contributed by atoms with van der Waals surface area (Å²) < 4.78 is 1.76. The largest absolute Gasteiger partial charge is 0.323 e. The lowest BCUT2D eigenvalue weighted by Crippen LogP contribution is -2.19. The van der Waals surface area contributed by atoms with Crippen molar-refractivity contribution in [3.05, 3.63) is 60.4 Å². The molecule has 0 aliphatic carbocycles. The third kappa shape index (κ3) is 3.52. The number of imidazole rings is 1. The van der Waals surface area contributed by atoms with Crippen LogP contribution in [0.1, 0.15) is 11.4 Å². The van der Waals surface area contributed by atoms with Crippen LogP contribution in [0.3, 0.4) is 0 Å². The zero-order valence-corrected chi connectivity index (χ0v) is 12.8. The number of carbonyl (C=O) groups is 1. The molecule has 0 aliphatic heterocycles. The quantitative estimate of drug-likeness (QED) is 0.779. The fraction of sp³-hybridized carbons (Fsp3) is 0.125. The molecule has 3 rings (SSSR count). The van der Waals surface area contributed by atoms with Crippen molar-refractivity contribution < 1.29 is 4.79 Å². The van der Waals surface area contributed by atoms with Crippen molar-refractivity contribution in [3.8, 4) is 5.95 Å². The summed E-state index contributed by atoms with van der Waals surface area (Å²) in [5, 5.41) is 5.46. The van der Waals surface area contributed by atoms with Crippen LogP contribution in [0.4, 0.5) is 16.2 Å². The van der Waals surface area contributed by atoms with Gasteiger partial charge in [0, 0.05) is 18.1 Å². The molecule has 0 saturated heterocycles. The van der Waals surface area contributed by atoms with Gasteiger partial charge in [-0.2, -0.15) is 0 Å².